The van der Waals surface area contributed by atoms with Crippen molar-refractivity contribution in [2.45, 2.75) is 6.92 Å². The Morgan fingerprint density at radius 3 is 2.35 bits per heavy atom. The minimum Gasteiger partial charge on any atom is -0.373 e. The average Bonchev–Trinajstić information content (AvgIpc) is 2.67. The number of anilines is 1. The molecule has 26 heavy (non-hydrogen) atoms. The molecule has 0 aliphatic rings. The summed E-state index contributed by atoms with van der Waals surface area (Å²) >= 11 is 0. The molecule has 3 aromatic carbocycles. The minimum absolute atomic E-state index is 0.244. The van der Waals surface area contributed by atoms with Gasteiger partial charge >= 0.3 is 0 Å². The fourth-order valence-corrected chi connectivity index (χ4v) is 3.15. The summed E-state index contributed by atoms with van der Waals surface area (Å²) in [7, 11) is 1.85. The number of fused-ring (bicyclic) bond motifs is 1. The molecule has 0 fully saturated rings. The van der Waals surface area contributed by atoms with Gasteiger partial charge in [0.15, 0.2) is 5.82 Å². The van der Waals surface area contributed by atoms with Crippen molar-refractivity contribution >= 4 is 16.7 Å². The van der Waals surface area contributed by atoms with E-state index < -0.39 is 0 Å². The van der Waals surface area contributed by atoms with E-state index in [9.17, 15) is 4.39 Å². The molecule has 1 N–H and O–H groups in total. The molecule has 0 atom stereocenters. The van der Waals surface area contributed by atoms with Gasteiger partial charge in [-0.15, -0.1) is 0 Å². The van der Waals surface area contributed by atoms with E-state index in [1.54, 1.807) is 12.1 Å². The molecule has 0 unspecified atom stereocenters. The lowest BCUT2D eigenvalue weighted by atomic mass is 9.98. The fraction of sp³-hybridized carbons (Fsp3) is 0.0909. The number of benzene rings is 3. The predicted octanol–water partition coefficient (Wildman–Crippen LogP) is 5.45. The molecule has 0 radical (unpaired) electrons. The van der Waals surface area contributed by atoms with Gasteiger partial charge in [-0.05, 0) is 47.9 Å². The molecule has 0 saturated heterocycles. The molecule has 128 valence electrons. The minimum atomic E-state index is -0.244. The summed E-state index contributed by atoms with van der Waals surface area (Å²) in [6.45, 7) is 2.02. The third-order valence-electron chi connectivity index (χ3n) is 4.45. The number of halogens is 1. The Hall–Kier alpha value is -3.27. The van der Waals surface area contributed by atoms with Gasteiger partial charge in [0.1, 0.15) is 11.6 Å². The van der Waals surface area contributed by atoms with Crippen molar-refractivity contribution < 1.29 is 4.39 Å². The number of nitrogens with one attached hydrogen (secondary N) is 1. The molecule has 0 saturated carbocycles. The summed E-state index contributed by atoms with van der Waals surface area (Å²) in [6.07, 6.45) is 0. The van der Waals surface area contributed by atoms with E-state index in [4.69, 9.17) is 4.98 Å². The van der Waals surface area contributed by atoms with E-state index in [1.807, 2.05) is 62.5 Å². The summed E-state index contributed by atoms with van der Waals surface area (Å²) in [4.78, 5) is 9.42. The molecular formula is C22H18FN3. The van der Waals surface area contributed by atoms with Gasteiger partial charge in [0, 0.05) is 18.0 Å². The van der Waals surface area contributed by atoms with E-state index >= 15 is 0 Å². The van der Waals surface area contributed by atoms with Crippen LogP contribution >= 0.6 is 0 Å². The Kier molecular flexibility index (Phi) is 4.09. The van der Waals surface area contributed by atoms with Gasteiger partial charge in [-0.1, -0.05) is 42.5 Å². The summed E-state index contributed by atoms with van der Waals surface area (Å²) in [5, 5.41) is 4.08. The zero-order valence-corrected chi connectivity index (χ0v) is 14.6. The van der Waals surface area contributed by atoms with Crippen molar-refractivity contribution in [3.05, 3.63) is 78.1 Å². The standard InChI is InChI=1S/C22H18FN3/c1-14-11-20-19(13-18(14)16-9-6-10-17(23)12-16)22(24-2)26-21(25-20)15-7-4-3-5-8-15/h3-13H,1-2H3,(H,24,25,26). The first-order chi connectivity index (χ1) is 12.7. The second-order valence-corrected chi connectivity index (χ2v) is 6.21. The third-order valence-corrected chi connectivity index (χ3v) is 4.45. The Labute approximate surface area is 151 Å². The van der Waals surface area contributed by atoms with Gasteiger partial charge in [-0.2, -0.15) is 0 Å². The first-order valence-corrected chi connectivity index (χ1v) is 8.47. The summed E-state index contributed by atoms with van der Waals surface area (Å²) in [6, 6.07) is 20.6. The van der Waals surface area contributed by atoms with Crippen molar-refractivity contribution in [3.63, 3.8) is 0 Å². The highest BCUT2D eigenvalue weighted by Crippen LogP contribution is 2.32. The van der Waals surface area contributed by atoms with E-state index in [1.165, 1.54) is 6.07 Å². The first-order valence-electron chi connectivity index (χ1n) is 8.47. The van der Waals surface area contributed by atoms with Gasteiger partial charge in [0.25, 0.3) is 0 Å². The van der Waals surface area contributed by atoms with E-state index in [2.05, 4.69) is 10.3 Å². The maximum Gasteiger partial charge on any atom is 0.162 e. The SMILES string of the molecule is CNc1nc(-c2ccccc2)nc2cc(C)c(-c3cccc(F)c3)cc12. The van der Waals surface area contributed by atoms with Crippen molar-refractivity contribution in [2.24, 2.45) is 0 Å². The normalized spacial score (nSPS) is 10.9. The Morgan fingerprint density at radius 1 is 0.846 bits per heavy atom. The molecule has 0 aliphatic heterocycles. The highest BCUT2D eigenvalue weighted by atomic mass is 19.1. The third kappa shape index (κ3) is 2.90. The highest BCUT2D eigenvalue weighted by molar-refractivity contribution is 5.95. The molecule has 4 heteroatoms. The van der Waals surface area contributed by atoms with E-state index in [0.29, 0.717) is 5.82 Å². The zero-order valence-electron chi connectivity index (χ0n) is 14.6. The molecule has 0 bridgehead atoms. The second-order valence-electron chi connectivity index (χ2n) is 6.21. The summed E-state index contributed by atoms with van der Waals surface area (Å²) in [5.41, 5.74) is 4.70. The number of aryl methyl sites for hydroxylation is 1. The predicted molar refractivity (Wildman–Crippen MR) is 105 cm³/mol. The van der Waals surface area contributed by atoms with Gasteiger partial charge < -0.3 is 5.32 Å². The van der Waals surface area contributed by atoms with Gasteiger partial charge in [-0.25, -0.2) is 14.4 Å². The van der Waals surface area contributed by atoms with Crippen molar-refractivity contribution in [1.82, 2.24) is 9.97 Å². The van der Waals surface area contributed by atoms with Gasteiger partial charge in [0.2, 0.25) is 0 Å². The van der Waals surface area contributed by atoms with Crippen molar-refractivity contribution in [2.75, 3.05) is 12.4 Å². The van der Waals surface area contributed by atoms with Crippen LogP contribution in [0.2, 0.25) is 0 Å². The number of rotatable bonds is 3. The quantitative estimate of drug-likeness (QED) is 0.537. The molecule has 0 spiro atoms. The molecule has 1 heterocycles. The van der Waals surface area contributed by atoms with Crippen LogP contribution in [0.4, 0.5) is 10.2 Å². The van der Waals surface area contributed by atoms with Crippen molar-refractivity contribution in [3.8, 4) is 22.5 Å². The molecule has 4 aromatic rings. The number of nitrogens with zero attached hydrogens (tertiary/aromatic N) is 2. The van der Waals surface area contributed by atoms with Gasteiger partial charge in [0.05, 0.1) is 5.52 Å². The maximum atomic E-state index is 13.6. The lowest BCUT2D eigenvalue weighted by molar-refractivity contribution is 0.628. The topological polar surface area (TPSA) is 37.8 Å². The van der Waals surface area contributed by atoms with Crippen LogP contribution < -0.4 is 5.32 Å². The molecule has 0 amide bonds. The average molecular weight is 343 g/mol. The number of hydrogen-bond acceptors (Lipinski definition) is 3. The molecule has 0 aliphatic carbocycles. The van der Waals surface area contributed by atoms with Crippen LogP contribution in [0, 0.1) is 12.7 Å². The van der Waals surface area contributed by atoms with Crippen LogP contribution in [0.15, 0.2) is 66.7 Å². The van der Waals surface area contributed by atoms with Crippen LogP contribution in [0.5, 0.6) is 0 Å². The maximum absolute atomic E-state index is 13.6. The lowest BCUT2D eigenvalue weighted by Gasteiger charge is -2.12. The molecule has 4 rings (SSSR count). The zero-order chi connectivity index (χ0) is 18.1. The Balaban J connectivity index is 1.94. The smallest absolute Gasteiger partial charge is 0.162 e. The molecule has 3 nitrogen and oxygen atoms in total. The monoisotopic (exact) mass is 343 g/mol. The first kappa shape index (κ1) is 16.2. The highest BCUT2D eigenvalue weighted by Gasteiger charge is 2.12. The van der Waals surface area contributed by atoms with Crippen LogP contribution in [-0.4, -0.2) is 17.0 Å². The molecule has 1 aromatic heterocycles. The van der Waals surface area contributed by atoms with Crippen molar-refractivity contribution in [1.29, 1.82) is 0 Å². The van der Waals surface area contributed by atoms with Crippen LogP contribution in [0.3, 0.4) is 0 Å². The number of aromatic nitrogens is 2. The van der Waals surface area contributed by atoms with E-state index in [-0.39, 0.29) is 5.82 Å². The fourth-order valence-electron chi connectivity index (χ4n) is 3.15. The number of hydrogen-bond donors (Lipinski definition) is 1. The van der Waals surface area contributed by atoms with E-state index in [0.717, 1.165) is 39.0 Å². The summed E-state index contributed by atoms with van der Waals surface area (Å²) < 4.78 is 13.6. The Morgan fingerprint density at radius 2 is 1.62 bits per heavy atom. The molecular weight excluding hydrogens is 325 g/mol. The van der Waals surface area contributed by atoms with Gasteiger partial charge in [-0.3, -0.25) is 0 Å². The van der Waals surface area contributed by atoms with Crippen LogP contribution in [-0.2, 0) is 0 Å². The Bertz CT molecular complexity index is 1090. The lowest BCUT2D eigenvalue weighted by Crippen LogP contribution is -2.00. The summed E-state index contributed by atoms with van der Waals surface area (Å²) in [5.74, 6) is 1.19. The second kappa shape index (κ2) is 6.56. The largest absolute Gasteiger partial charge is 0.373 e. The van der Waals surface area contributed by atoms with Crippen LogP contribution in [0.25, 0.3) is 33.4 Å². The van der Waals surface area contributed by atoms with Crippen LogP contribution in [0.1, 0.15) is 5.56 Å².